The van der Waals surface area contributed by atoms with Crippen LogP contribution in [0.2, 0.25) is 5.02 Å². The predicted octanol–water partition coefficient (Wildman–Crippen LogP) is 6.51. The van der Waals surface area contributed by atoms with Crippen molar-refractivity contribution in [2.24, 2.45) is 23.7 Å². The van der Waals surface area contributed by atoms with Crippen LogP contribution in [0.25, 0.3) is 0 Å². The number of methoxy groups -OCH3 is 1. The Morgan fingerprint density at radius 1 is 0.983 bits per heavy atom. The van der Waals surface area contributed by atoms with Crippen molar-refractivity contribution in [3.8, 4) is 5.75 Å². The summed E-state index contributed by atoms with van der Waals surface area (Å²) in [5.74, 6) is -5.23. The van der Waals surface area contributed by atoms with E-state index in [1.165, 1.54) is 25.7 Å². The Morgan fingerprint density at radius 3 is 2.33 bits per heavy atom. The van der Waals surface area contributed by atoms with Gasteiger partial charge in [0, 0.05) is 38.1 Å². The number of unbranched alkanes of at least 4 members (excludes halogenated alkanes) is 1. The van der Waals surface area contributed by atoms with E-state index in [-0.39, 0.29) is 35.8 Å². The number of nitrogens with zero attached hydrogens (tertiary/aromatic N) is 2. The minimum absolute atomic E-state index is 0.0368. The number of ether oxygens (including phenoxy) is 5. The van der Waals surface area contributed by atoms with Crippen LogP contribution in [0, 0.1) is 23.7 Å². The summed E-state index contributed by atoms with van der Waals surface area (Å²) < 4.78 is 32.1. The molecule has 2 unspecified atom stereocenters. The molecule has 4 aliphatic heterocycles. The summed E-state index contributed by atoms with van der Waals surface area (Å²) in [5.41, 5.74) is -2.36. The van der Waals surface area contributed by atoms with E-state index < -0.39 is 95.0 Å². The number of cyclic esters (lactones) is 1. The van der Waals surface area contributed by atoms with Crippen LogP contribution in [-0.4, -0.2) is 118 Å². The van der Waals surface area contributed by atoms with E-state index >= 15 is 0 Å². The van der Waals surface area contributed by atoms with Gasteiger partial charge in [-0.3, -0.25) is 19.3 Å². The number of halogens is 1. The van der Waals surface area contributed by atoms with Crippen molar-refractivity contribution in [3.05, 3.63) is 64.7 Å². The molecule has 4 heterocycles. The number of amides is 1. The summed E-state index contributed by atoms with van der Waals surface area (Å²) in [6.07, 6.45) is -1.85. The van der Waals surface area contributed by atoms with Gasteiger partial charge in [0.25, 0.3) is 0 Å². The molecule has 6 rings (SSSR count). The number of hydrogen-bond donors (Lipinski definition) is 2. The lowest BCUT2D eigenvalue weighted by atomic mass is 9.64. The third kappa shape index (κ3) is 8.22. The van der Waals surface area contributed by atoms with Crippen molar-refractivity contribution in [1.29, 1.82) is 0 Å². The molecule has 4 saturated heterocycles. The van der Waals surface area contributed by atoms with Crippen molar-refractivity contribution >= 4 is 35.2 Å². The maximum absolute atomic E-state index is 14.9. The highest BCUT2D eigenvalue weighted by Gasteiger charge is 2.70. The van der Waals surface area contributed by atoms with E-state index in [1.807, 2.05) is 44.0 Å². The normalized spacial score (nSPS) is 37.6. The summed E-state index contributed by atoms with van der Waals surface area (Å²) in [4.78, 5) is 61.3. The van der Waals surface area contributed by atoms with E-state index in [0.717, 1.165) is 18.4 Å². The number of aliphatic hydroxyl groups is 1. The number of Topliss-reactive ketones (excluding diaryl/α,β-unsaturated/α-hetero) is 2. The third-order valence-corrected chi connectivity index (χ3v) is 14.5. The van der Waals surface area contributed by atoms with Crippen molar-refractivity contribution in [2.45, 2.75) is 147 Å². The topological polar surface area (TPSA) is 161 Å². The molecule has 1 amide bonds. The number of benzene rings is 2. The number of likely N-dealkylation sites (N-methyl/N-ethyl adjacent to an activating group) is 1. The Hall–Kier alpha value is -3.59. The maximum atomic E-state index is 14.9. The number of carbonyl (C=O) groups is 4. The number of aliphatic hydroxyl groups excluding tert-OH is 1. The summed E-state index contributed by atoms with van der Waals surface area (Å²) in [6, 6.07) is 13.7. The standard InChI is InChI=1S/C46H63ClN2O11/c1-10-35-45(7)40(49(43(55)60-45)21-15-14-18-30-16-12-11-13-17-30)27(3)37(51)26(2)24-44(6,56-9)46(29(5)38(52)28(4)41(54)57-35)36-23-33(39(53)42(58-36)59-46)48(8)25-31-19-20-34(50)32(47)22-31/h11-13,16-17,19-20,22,26-29,33,35-36,39-40,42,50,53H,10,14-15,18,21,23-25H2,1-9H3/t26-,27+,28-,29+,33+,35?,36?,39-,40-,42+,44-,45-,46+/m1/s1. The molecule has 0 aliphatic carbocycles. The molecule has 60 heavy (non-hydrogen) atoms. The first kappa shape index (κ1) is 45.9. The molecule has 2 aromatic rings. The van der Waals surface area contributed by atoms with Crippen LogP contribution in [0.4, 0.5) is 4.79 Å². The zero-order chi connectivity index (χ0) is 43.9. The van der Waals surface area contributed by atoms with Gasteiger partial charge in [0.15, 0.2) is 17.7 Å². The fourth-order valence-corrected chi connectivity index (χ4v) is 11.0. The Labute approximate surface area is 358 Å². The van der Waals surface area contributed by atoms with Crippen LogP contribution in [0.15, 0.2) is 48.5 Å². The Kier molecular flexibility index (Phi) is 13.8. The van der Waals surface area contributed by atoms with Gasteiger partial charge >= 0.3 is 12.1 Å². The summed E-state index contributed by atoms with van der Waals surface area (Å²) in [5, 5.41) is 22.0. The molecular weight excluding hydrogens is 792 g/mol. The fraction of sp³-hybridized carbons (Fsp3) is 0.652. The summed E-state index contributed by atoms with van der Waals surface area (Å²) >= 11 is 6.21. The number of ketones is 2. The lowest BCUT2D eigenvalue weighted by Gasteiger charge is -2.51. The average Bonchev–Trinajstić information content (AvgIpc) is 3.70. The highest BCUT2D eigenvalue weighted by atomic mass is 35.5. The van der Waals surface area contributed by atoms with Gasteiger partial charge in [-0.1, -0.05) is 75.7 Å². The van der Waals surface area contributed by atoms with Crippen LogP contribution in [-0.2, 0) is 51.0 Å². The lowest BCUT2D eigenvalue weighted by Crippen LogP contribution is -2.66. The second-order valence-corrected chi connectivity index (χ2v) is 18.3. The van der Waals surface area contributed by atoms with Crippen LogP contribution >= 0.6 is 11.6 Å². The van der Waals surface area contributed by atoms with Gasteiger partial charge in [0.2, 0.25) is 0 Å². The summed E-state index contributed by atoms with van der Waals surface area (Å²) in [6.45, 7) is 12.8. The molecule has 2 aromatic carbocycles. The van der Waals surface area contributed by atoms with Crippen molar-refractivity contribution < 1.29 is 53.1 Å². The number of phenolic OH excluding ortho intramolecular Hbond substituents is 1. The highest BCUT2D eigenvalue weighted by Crippen LogP contribution is 2.54. The first-order valence-corrected chi connectivity index (χ1v) is 21.8. The number of aromatic hydroxyl groups is 1. The SMILES string of the molecule is CCC1OC(=O)[C@H](C)C(=O)[C@H](C)[C@@]2(O[C@@H]3OC2C[C@H](N(C)Cc2ccc(O)c(Cl)c2)[C@H]3O)[C@](C)(OC)C[C@@H](C)C(=O)[C@H](C)[C@H]2N(CCCCc3ccccc3)C(=O)O[C@]12C. The van der Waals surface area contributed by atoms with Gasteiger partial charge in [-0.05, 0) is 89.6 Å². The molecule has 1 spiro atoms. The molecule has 0 aromatic heterocycles. The van der Waals surface area contributed by atoms with E-state index in [4.69, 9.17) is 35.3 Å². The highest BCUT2D eigenvalue weighted by molar-refractivity contribution is 6.32. The molecule has 2 N–H and O–H groups in total. The van der Waals surface area contributed by atoms with E-state index in [0.29, 0.717) is 19.5 Å². The Morgan fingerprint density at radius 2 is 1.68 bits per heavy atom. The van der Waals surface area contributed by atoms with Gasteiger partial charge in [-0.25, -0.2) is 4.79 Å². The smallest absolute Gasteiger partial charge is 0.410 e. The van der Waals surface area contributed by atoms with E-state index in [9.17, 15) is 29.4 Å². The molecule has 4 fully saturated rings. The predicted molar refractivity (Wildman–Crippen MR) is 223 cm³/mol. The number of carbonyl (C=O) groups excluding carboxylic acids is 4. The fourth-order valence-electron chi connectivity index (χ4n) is 10.8. The summed E-state index contributed by atoms with van der Waals surface area (Å²) in [7, 11) is 3.36. The minimum atomic E-state index is -1.58. The zero-order valence-electron chi connectivity index (χ0n) is 36.4. The number of rotatable bonds is 10. The largest absolute Gasteiger partial charge is 0.506 e. The third-order valence-electron chi connectivity index (χ3n) is 14.1. The first-order chi connectivity index (χ1) is 28.3. The van der Waals surface area contributed by atoms with Crippen LogP contribution < -0.4 is 0 Å². The molecule has 14 heteroatoms. The Bertz CT molecular complexity index is 1900. The second-order valence-electron chi connectivity index (χ2n) is 17.9. The molecule has 2 bridgehead atoms. The van der Waals surface area contributed by atoms with Crippen molar-refractivity contribution in [1.82, 2.24) is 9.80 Å². The average molecular weight is 855 g/mol. The molecule has 330 valence electrons. The van der Waals surface area contributed by atoms with Gasteiger partial charge in [-0.15, -0.1) is 0 Å². The zero-order valence-corrected chi connectivity index (χ0v) is 37.1. The number of aryl methyl sites for hydroxylation is 1. The minimum Gasteiger partial charge on any atom is -0.506 e. The molecular formula is C46H63ClN2O11. The molecule has 13 nitrogen and oxygen atoms in total. The van der Waals surface area contributed by atoms with Crippen LogP contribution in [0.5, 0.6) is 5.75 Å². The van der Waals surface area contributed by atoms with Gasteiger partial charge in [0.1, 0.15) is 35.3 Å². The first-order valence-electron chi connectivity index (χ1n) is 21.4. The second kappa shape index (κ2) is 18.0. The monoisotopic (exact) mass is 854 g/mol. The van der Waals surface area contributed by atoms with Crippen LogP contribution in [0.3, 0.4) is 0 Å². The molecule has 4 aliphatic rings. The molecule has 0 radical (unpaired) electrons. The number of fused-ring (bicyclic) bond motifs is 4. The number of phenols is 1. The molecule has 13 atom stereocenters. The van der Waals surface area contributed by atoms with Crippen molar-refractivity contribution in [2.75, 3.05) is 20.7 Å². The van der Waals surface area contributed by atoms with Crippen LogP contribution in [0.1, 0.15) is 91.7 Å². The quantitative estimate of drug-likeness (QED) is 0.152. The number of hydrogen-bond acceptors (Lipinski definition) is 12. The lowest BCUT2D eigenvalue weighted by molar-refractivity contribution is -0.229. The van der Waals surface area contributed by atoms with Gasteiger partial charge < -0.3 is 38.8 Å². The van der Waals surface area contributed by atoms with E-state index in [1.54, 1.807) is 44.7 Å². The Balaban J connectivity index is 1.35. The number of esters is 1. The van der Waals surface area contributed by atoms with Crippen molar-refractivity contribution in [3.63, 3.8) is 0 Å². The van der Waals surface area contributed by atoms with E-state index in [2.05, 4.69) is 12.1 Å². The molecule has 0 saturated carbocycles. The van der Waals surface area contributed by atoms with Gasteiger partial charge in [-0.2, -0.15) is 0 Å². The maximum Gasteiger partial charge on any atom is 0.410 e. The van der Waals surface area contributed by atoms with Gasteiger partial charge in [0.05, 0.1) is 28.7 Å².